The molecular weight excluding hydrogens is 721 g/mol. The van der Waals surface area contributed by atoms with Crippen LogP contribution in [0.4, 0.5) is 0 Å². The summed E-state index contributed by atoms with van der Waals surface area (Å²) >= 11 is 1.64. The van der Waals surface area contributed by atoms with Crippen LogP contribution in [-0.2, 0) is 6.54 Å². The Balaban J connectivity index is 1.19. The Labute approximate surface area is 330 Å². The molecule has 0 radical (unpaired) electrons. The van der Waals surface area contributed by atoms with E-state index in [9.17, 15) is 0 Å². The lowest BCUT2D eigenvalue weighted by Crippen LogP contribution is -2.17. The molecule has 0 aliphatic carbocycles. The highest BCUT2D eigenvalue weighted by Gasteiger charge is 2.23. The molecule has 0 amide bonds. The first-order valence-electron chi connectivity index (χ1n) is 18.8. The summed E-state index contributed by atoms with van der Waals surface area (Å²) in [7, 11) is 0. The van der Waals surface area contributed by atoms with Gasteiger partial charge >= 0.3 is 0 Å². The molecular formula is C49H32N6OS. The van der Waals surface area contributed by atoms with Crippen LogP contribution in [0, 0.1) is 0 Å². The number of para-hydroxylation sites is 5. The summed E-state index contributed by atoms with van der Waals surface area (Å²) < 4.78 is 10.7. The number of nitrogens with two attached hydrogens (primary N) is 1. The Morgan fingerprint density at radius 3 is 2.18 bits per heavy atom. The Bertz CT molecular complexity index is 3400. The molecule has 11 rings (SSSR count). The predicted molar refractivity (Wildman–Crippen MR) is 236 cm³/mol. The number of aromatic nitrogens is 3. The van der Waals surface area contributed by atoms with Crippen LogP contribution in [0.5, 0.6) is 0 Å². The molecule has 0 fully saturated rings. The summed E-state index contributed by atoms with van der Waals surface area (Å²) in [5, 5.41) is 5.43. The number of thiophene rings is 1. The molecule has 11 aromatic rings. The van der Waals surface area contributed by atoms with E-state index in [0.29, 0.717) is 29.7 Å². The van der Waals surface area contributed by atoms with Gasteiger partial charge in [-0.2, -0.15) is 0 Å². The van der Waals surface area contributed by atoms with Crippen molar-refractivity contribution in [1.29, 1.82) is 0 Å². The molecule has 0 saturated heterocycles. The van der Waals surface area contributed by atoms with E-state index < -0.39 is 0 Å². The second-order valence-electron chi connectivity index (χ2n) is 14.0. The third-order valence-corrected chi connectivity index (χ3v) is 11.7. The minimum atomic E-state index is 0.293. The van der Waals surface area contributed by atoms with Gasteiger partial charge < -0.3 is 14.7 Å². The number of nitrogens with zero attached hydrogens (tertiary/aromatic N) is 5. The average molecular weight is 753 g/mol. The summed E-state index contributed by atoms with van der Waals surface area (Å²) in [4.78, 5) is 21.2. The van der Waals surface area contributed by atoms with Gasteiger partial charge in [-0.25, -0.2) is 15.0 Å². The number of benzene rings is 7. The van der Waals surface area contributed by atoms with Crippen molar-refractivity contribution in [3.63, 3.8) is 0 Å². The van der Waals surface area contributed by atoms with Crippen molar-refractivity contribution < 1.29 is 4.42 Å². The summed E-state index contributed by atoms with van der Waals surface area (Å²) in [6.45, 7) is 0.293. The lowest BCUT2D eigenvalue weighted by Gasteiger charge is -2.12. The maximum Gasteiger partial charge on any atom is 0.177 e. The van der Waals surface area contributed by atoms with Crippen molar-refractivity contribution in [2.75, 3.05) is 0 Å². The zero-order valence-electron chi connectivity index (χ0n) is 30.5. The fourth-order valence-electron chi connectivity index (χ4n) is 7.95. The molecule has 0 unspecified atom stereocenters. The molecule has 2 N–H and O–H groups in total. The lowest BCUT2D eigenvalue weighted by molar-refractivity contribution is 0.663. The minimum Gasteiger partial charge on any atom is -0.456 e. The van der Waals surface area contributed by atoms with E-state index in [2.05, 4.69) is 120 Å². The van der Waals surface area contributed by atoms with E-state index in [1.165, 1.54) is 0 Å². The number of hydrogen-bond donors (Lipinski definition) is 1. The predicted octanol–water partition coefficient (Wildman–Crippen LogP) is 11.9. The standard InChI is InChI=1S/C49H32N6OS/c50-47(30-15-3-1-4-16-30)54-49(51-29-31-17-13-24-36-34-21-8-11-27-40(34)56-45(31)36)43-46-42(37-22-9-12-28-41(37)57-46)52-48(53-43)38-25-14-23-35-33-20-7-10-26-39(33)55(44(35)38)32-18-5-2-6-19-32/h1-28H,29H2,(H2,50,51,54). The van der Waals surface area contributed by atoms with Gasteiger partial charge in [-0.05, 0) is 36.4 Å². The first-order chi connectivity index (χ1) is 28.2. The SMILES string of the molecule is NC(=NC(=NCc1cccc2c1oc1ccccc12)c1nc(-c2cccc3c4ccccc4n(-c4ccccc4)c23)nc2c1sc1ccccc12)c1ccccc1. The zero-order chi connectivity index (χ0) is 37.9. The fraction of sp³-hybridized carbons (Fsp3) is 0.0204. The van der Waals surface area contributed by atoms with Crippen LogP contribution < -0.4 is 5.73 Å². The van der Waals surface area contributed by atoms with Crippen LogP contribution in [0.3, 0.4) is 0 Å². The number of rotatable bonds is 6. The number of hydrogen-bond acceptors (Lipinski definition) is 5. The molecule has 0 aliphatic heterocycles. The van der Waals surface area contributed by atoms with Crippen molar-refractivity contribution in [2.24, 2.45) is 15.7 Å². The number of fused-ring (bicyclic) bond motifs is 9. The second-order valence-corrected chi connectivity index (χ2v) is 15.0. The van der Waals surface area contributed by atoms with Gasteiger partial charge in [0.25, 0.3) is 0 Å². The lowest BCUT2D eigenvalue weighted by atomic mass is 10.1. The largest absolute Gasteiger partial charge is 0.456 e. The molecule has 270 valence electrons. The minimum absolute atomic E-state index is 0.293. The van der Waals surface area contributed by atoms with Gasteiger partial charge in [0.05, 0.1) is 27.8 Å². The van der Waals surface area contributed by atoms with E-state index >= 15 is 0 Å². The normalized spacial score (nSPS) is 12.6. The summed E-state index contributed by atoms with van der Waals surface area (Å²) in [5.74, 6) is 1.34. The molecule has 0 spiro atoms. The quantitative estimate of drug-likeness (QED) is 0.135. The van der Waals surface area contributed by atoms with E-state index in [1.54, 1.807) is 11.3 Å². The van der Waals surface area contributed by atoms with Gasteiger partial charge in [-0.1, -0.05) is 133 Å². The van der Waals surface area contributed by atoms with E-state index in [-0.39, 0.29) is 0 Å². The molecule has 7 nitrogen and oxygen atoms in total. The average Bonchev–Trinajstić information content (AvgIpc) is 3.95. The van der Waals surface area contributed by atoms with Crippen molar-refractivity contribution in [2.45, 2.75) is 6.54 Å². The van der Waals surface area contributed by atoms with Crippen molar-refractivity contribution in [3.8, 4) is 17.1 Å². The molecule has 8 heteroatoms. The highest BCUT2D eigenvalue weighted by atomic mass is 32.1. The number of amidine groups is 2. The van der Waals surface area contributed by atoms with Gasteiger partial charge in [0, 0.05) is 54.0 Å². The smallest absolute Gasteiger partial charge is 0.177 e. The van der Waals surface area contributed by atoms with Crippen LogP contribution in [0.25, 0.3) is 81.1 Å². The monoisotopic (exact) mass is 752 g/mol. The third-order valence-electron chi connectivity index (χ3n) is 10.6. The Morgan fingerprint density at radius 2 is 1.32 bits per heavy atom. The maximum absolute atomic E-state index is 6.82. The molecule has 0 bridgehead atoms. The van der Waals surface area contributed by atoms with Crippen LogP contribution in [0.15, 0.2) is 184 Å². The van der Waals surface area contributed by atoms with Crippen LogP contribution in [-0.4, -0.2) is 26.2 Å². The highest BCUT2D eigenvalue weighted by molar-refractivity contribution is 7.26. The van der Waals surface area contributed by atoms with E-state index in [4.69, 9.17) is 30.1 Å². The molecule has 0 atom stereocenters. The van der Waals surface area contributed by atoms with E-state index in [1.807, 2.05) is 54.6 Å². The van der Waals surface area contributed by atoms with Crippen LogP contribution in [0.1, 0.15) is 16.8 Å². The molecule has 57 heavy (non-hydrogen) atoms. The van der Waals surface area contributed by atoms with Crippen molar-refractivity contribution >= 4 is 87.1 Å². The Kier molecular flexibility index (Phi) is 7.75. The molecule has 0 saturated carbocycles. The second kappa shape index (κ2) is 13.4. The summed E-state index contributed by atoms with van der Waals surface area (Å²) in [5.41, 5.74) is 15.7. The van der Waals surface area contributed by atoms with Gasteiger partial charge in [0.15, 0.2) is 11.7 Å². The molecule has 7 aromatic carbocycles. The molecule has 4 heterocycles. The zero-order valence-corrected chi connectivity index (χ0v) is 31.3. The van der Waals surface area contributed by atoms with Crippen molar-refractivity contribution in [3.05, 3.63) is 187 Å². The highest BCUT2D eigenvalue weighted by Crippen LogP contribution is 2.40. The van der Waals surface area contributed by atoms with Gasteiger partial charge in [-0.15, -0.1) is 11.3 Å². The number of aliphatic imine (C=N–C) groups is 2. The van der Waals surface area contributed by atoms with Gasteiger partial charge in [0.1, 0.15) is 22.7 Å². The van der Waals surface area contributed by atoms with Crippen LogP contribution in [0.2, 0.25) is 0 Å². The molecule has 4 aromatic heterocycles. The first-order valence-corrected chi connectivity index (χ1v) is 19.6. The number of furan rings is 1. The fourth-order valence-corrected chi connectivity index (χ4v) is 9.08. The van der Waals surface area contributed by atoms with E-state index in [0.717, 1.165) is 86.4 Å². The Hall–Kier alpha value is -7.42. The van der Waals surface area contributed by atoms with Gasteiger partial charge in [0.2, 0.25) is 0 Å². The van der Waals surface area contributed by atoms with Gasteiger partial charge in [-0.3, -0.25) is 4.99 Å². The topological polar surface area (TPSA) is 94.6 Å². The van der Waals surface area contributed by atoms with Crippen molar-refractivity contribution in [1.82, 2.24) is 14.5 Å². The maximum atomic E-state index is 6.82. The summed E-state index contributed by atoms with van der Waals surface area (Å²) in [6.07, 6.45) is 0. The molecule has 0 aliphatic rings. The van der Waals surface area contributed by atoms with Crippen LogP contribution >= 0.6 is 11.3 Å². The third kappa shape index (κ3) is 5.49. The summed E-state index contributed by atoms with van der Waals surface area (Å²) in [6, 6.07) is 57.8. The first kappa shape index (κ1) is 33.0. The Morgan fingerprint density at radius 1 is 0.632 bits per heavy atom.